The minimum atomic E-state index is -0.583. The molecule has 4 aromatic heterocycles. The summed E-state index contributed by atoms with van der Waals surface area (Å²) < 4.78 is 109. The first kappa shape index (κ1) is 39.3. The number of hydrogen-bond donors (Lipinski definition) is 0. The van der Waals surface area contributed by atoms with Crippen molar-refractivity contribution in [1.82, 2.24) is 23.3 Å². The van der Waals surface area contributed by atoms with E-state index in [1.54, 1.807) is 12.1 Å². The van der Waals surface area contributed by atoms with Crippen molar-refractivity contribution in [2.24, 2.45) is 0 Å². The summed E-state index contributed by atoms with van der Waals surface area (Å²) in [7, 11) is 0. The molecule has 0 aliphatic heterocycles. The van der Waals surface area contributed by atoms with Gasteiger partial charge in [0, 0.05) is 6.20 Å². The summed E-state index contributed by atoms with van der Waals surface area (Å²) in [4.78, 5) is 4.93. The number of aromatic nitrogens is 5. The molecule has 0 bridgehead atoms. The molecule has 0 saturated heterocycles. The Hall–Kier alpha value is -9.09. The zero-order valence-electron chi connectivity index (χ0n) is 54.7. The van der Waals surface area contributed by atoms with Crippen LogP contribution >= 0.6 is 0 Å². The maximum absolute atomic E-state index is 9.71. The van der Waals surface area contributed by atoms with Crippen LogP contribution in [0, 0.1) is 24.6 Å². The molecule has 4 heterocycles. The van der Waals surface area contributed by atoms with E-state index in [9.17, 15) is 5.48 Å². The van der Waals surface area contributed by atoms with Crippen LogP contribution in [0.2, 0.25) is 0 Å². The number of imidazole rings is 1. The van der Waals surface area contributed by atoms with Gasteiger partial charge in [0.15, 0.2) is 0 Å². The van der Waals surface area contributed by atoms with Crippen molar-refractivity contribution in [3.8, 4) is 67.8 Å². The van der Waals surface area contributed by atoms with Crippen molar-refractivity contribution >= 4 is 54.6 Å². The number of nitrogens with zero attached hydrogens (tertiary/aromatic N) is 5. The molecule has 0 N–H and O–H groups in total. The second-order valence-corrected chi connectivity index (χ2v) is 22.5. The minimum absolute atomic E-state index is 0.123. The topological polar surface area (TPSA) is 41.8 Å². The van der Waals surface area contributed by atoms with Gasteiger partial charge in [0.25, 0.3) is 0 Å². The summed E-state index contributed by atoms with van der Waals surface area (Å²) >= 11 is 2.25. The van der Waals surface area contributed by atoms with E-state index in [1.807, 2.05) is 112 Å². The van der Waals surface area contributed by atoms with Crippen molar-refractivity contribution in [3.63, 3.8) is 0 Å². The molecule has 0 amide bonds. The number of aryl methyl sites for hydroxylation is 3. The van der Waals surface area contributed by atoms with Gasteiger partial charge in [-0.2, -0.15) is 0 Å². The van der Waals surface area contributed by atoms with Crippen LogP contribution in [0.3, 0.4) is 0 Å². The van der Waals surface area contributed by atoms with Gasteiger partial charge in [0.05, 0.1) is 0 Å². The van der Waals surface area contributed by atoms with Crippen molar-refractivity contribution in [2.75, 3.05) is 0 Å². The number of para-hydroxylation sites is 5. The van der Waals surface area contributed by atoms with Gasteiger partial charge in [-0.1, -0.05) is 32.9 Å². The molecule has 0 fully saturated rings. The normalized spacial score (nSPS) is 13.7. The molecule has 14 aromatic rings. The molecular weight excluding hydrogens is 1160 g/mol. The Kier molecular flexibility index (Phi) is 9.51. The summed E-state index contributed by atoms with van der Waals surface area (Å²) in [5, 5.41) is 3.95. The summed E-state index contributed by atoms with van der Waals surface area (Å²) in [6.07, 6.45) is 1.87. The van der Waals surface area contributed by atoms with Crippen molar-refractivity contribution < 1.29 is 37.8 Å². The van der Waals surface area contributed by atoms with E-state index in [0.717, 1.165) is 82.8 Å². The van der Waals surface area contributed by atoms with Crippen LogP contribution in [0.5, 0.6) is 11.5 Å². The number of benzene rings is 10. The van der Waals surface area contributed by atoms with Crippen LogP contribution in [0.15, 0.2) is 236 Å². The predicted molar refractivity (Wildman–Crippen MR) is 328 cm³/mol. The Morgan fingerprint density at radius 2 is 0.963 bits per heavy atom. The second-order valence-electron chi connectivity index (χ2n) is 21.4. The molecule has 6 nitrogen and oxygen atoms in total. The number of rotatable bonds is 9. The third-order valence-electron chi connectivity index (χ3n) is 15.2. The van der Waals surface area contributed by atoms with Crippen molar-refractivity contribution in [2.45, 2.75) is 47.0 Å². The molecule has 14 rings (SSSR count). The Balaban J connectivity index is 1.08. The van der Waals surface area contributed by atoms with Crippen LogP contribution in [0.1, 0.15) is 56.7 Å². The summed E-state index contributed by atoms with van der Waals surface area (Å²) in [6.45, 7) is 12.9. The Bertz CT molecular complexity index is 5260. The predicted octanol–water partition coefficient (Wildman–Crippen LogP) is 19.1. The van der Waals surface area contributed by atoms with Gasteiger partial charge in [0.2, 0.25) is 0 Å². The molecule has 80 heavy (non-hydrogen) atoms. The zero-order chi connectivity index (χ0) is 63.1. The molecule has 0 spiro atoms. The summed E-state index contributed by atoms with van der Waals surface area (Å²) in [6, 6.07) is 50.8. The van der Waals surface area contributed by atoms with Crippen molar-refractivity contribution in [3.05, 3.63) is 263 Å². The van der Waals surface area contributed by atoms with Gasteiger partial charge >= 0.3 is 437 Å². The van der Waals surface area contributed by atoms with E-state index in [4.69, 9.17) is 17.9 Å². The SMILES string of the molecule is [2H]c1c([2H])c([2H])c(-c2cc(-n3c4ccccc4c4ccccc43)cc(-c3c([2H])c([2H])c([2H])c([2H])c3[2H])c2-n2[c](=[Pt])n(-c3cc(Oc4ccc5c6ccccc6n(-c6cc(C(C)(C)C)ccn6)c5c4)cc(-c4c(C)cc(C)cc4C)c3)c3ccccc32)c([2H])c1[2H]. The van der Waals surface area contributed by atoms with Crippen LogP contribution in [0.25, 0.3) is 111 Å². The van der Waals surface area contributed by atoms with Gasteiger partial charge in [-0.15, -0.1) is 0 Å². The molecule has 0 aliphatic carbocycles. The van der Waals surface area contributed by atoms with Crippen LogP contribution < -0.4 is 4.74 Å². The molecule has 10 aromatic carbocycles. The molecule has 0 saturated carbocycles. The number of pyridine rings is 1. The fraction of sp³-hybridized carbons (Fsp3) is 0.0959. The number of hydrogen-bond acceptors (Lipinski definition) is 2. The monoisotopic (exact) mass is 1220 g/mol. The van der Waals surface area contributed by atoms with E-state index in [-0.39, 0.29) is 33.4 Å². The van der Waals surface area contributed by atoms with Gasteiger partial charge in [-0.05, 0) is 17.0 Å². The van der Waals surface area contributed by atoms with Gasteiger partial charge in [0.1, 0.15) is 0 Å². The van der Waals surface area contributed by atoms with E-state index in [1.165, 1.54) is 0 Å². The summed E-state index contributed by atoms with van der Waals surface area (Å²) in [5.74, 6) is 1.89. The molecule has 0 radical (unpaired) electrons. The summed E-state index contributed by atoms with van der Waals surface area (Å²) in [5.41, 5.74) is 12.2. The third-order valence-corrected chi connectivity index (χ3v) is 16.3. The average molecular weight is 1230 g/mol. The van der Waals surface area contributed by atoms with Crippen molar-refractivity contribution in [1.29, 1.82) is 0 Å². The van der Waals surface area contributed by atoms with Crippen LogP contribution in [0.4, 0.5) is 0 Å². The first-order chi connectivity index (χ1) is 43.1. The van der Waals surface area contributed by atoms with Crippen LogP contribution in [-0.2, 0) is 24.8 Å². The Morgan fingerprint density at radius 3 is 1.54 bits per heavy atom. The van der Waals surface area contributed by atoms with Gasteiger partial charge in [-0.25, -0.2) is 0 Å². The standard InChI is InChI=1S/C73H57N5O.Pt/c1-47-37-48(2)71(49(3)38-47)52-39-54(42-57(40-52)79-56-33-34-61-60-27-15-18-30-66(60)78(69(61)45-56)70-41-53(35-36-74-70)73(4,5)6)75-46-76(68-32-20-19-31-67(68)75)72-62(50-21-9-7-10-22-50)43-55(44-63(72)51-23-11-8-12-24-51)77-64-28-16-13-25-58(64)59-26-14-17-29-65(59)77;/h7-45H,1-6H3;/i7D,8D,9D,10D,11D,12D,21D,22D,23D,24D;. The van der Waals surface area contributed by atoms with Crippen LogP contribution in [-0.4, -0.2) is 23.3 Å². The second kappa shape index (κ2) is 19.4. The van der Waals surface area contributed by atoms with E-state index in [0.29, 0.717) is 37.7 Å². The molecule has 0 aliphatic rings. The molecule has 390 valence electrons. The van der Waals surface area contributed by atoms with Gasteiger partial charge in [-0.3, -0.25) is 0 Å². The molecule has 0 unspecified atom stereocenters. The molecular formula is C73H57N5OPt. The van der Waals surface area contributed by atoms with Gasteiger partial charge < -0.3 is 0 Å². The fourth-order valence-corrected chi connectivity index (χ4v) is 13.0. The third kappa shape index (κ3) is 8.28. The van der Waals surface area contributed by atoms with E-state index in [2.05, 4.69) is 131 Å². The quantitative estimate of drug-likeness (QED) is 0.145. The average Bonchev–Trinajstić information content (AvgIpc) is 1.66. The Labute approximate surface area is 490 Å². The first-order valence-corrected chi connectivity index (χ1v) is 27.7. The number of ether oxygens (including phenoxy) is 1. The molecule has 7 heteroatoms. The fourth-order valence-electron chi connectivity index (χ4n) is 11.9. The Morgan fingerprint density at radius 1 is 0.450 bits per heavy atom. The maximum atomic E-state index is 9.71. The van der Waals surface area contributed by atoms with E-state index < -0.39 is 60.4 Å². The zero-order valence-corrected chi connectivity index (χ0v) is 47.0. The molecule has 0 atom stereocenters. The van der Waals surface area contributed by atoms with E-state index >= 15 is 0 Å². The first-order valence-electron chi connectivity index (χ1n) is 31.5. The number of fused-ring (bicyclic) bond motifs is 7.